The highest BCUT2D eigenvalue weighted by molar-refractivity contribution is 5.57. The fourth-order valence-corrected chi connectivity index (χ4v) is 1.89. The molecule has 0 saturated carbocycles. The van der Waals surface area contributed by atoms with Crippen LogP contribution in [0.25, 0.3) is 0 Å². The average molecular weight is 169 g/mol. The van der Waals surface area contributed by atoms with E-state index in [0.717, 1.165) is 25.2 Å². The van der Waals surface area contributed by atoms with Crippen LogP contribution in [-0.2, 0) is 4.79 Å². The SMILES string of the molecule is CCCC[C@@H]1CCN[C@H](C=O)C1. The highest BCUT2D eigenvalue weighted by atomic mass is 16.1. The van der Waals surface area contributed by atoms with Crippen LogP contribution in [0.4, 0.5) is 0 Å². The summed E-state index contributed by atoms with van der Waals surface area (Å²) in [4.78, 5) is 10.5. The topological polar surface area (TPSA) is 29.1 Å². The summed E-state index contributed by atoms with van der Waals surface area (Å²) in [5, 5.41) is 3.21. The molecule has 70 valence electrons. The molecule has 1 saturated heterocycles. The summed E-state index contributed by atoms with van der Waals surface area (Å²) in [5.74, 6) is 0.793. The van der Waals surface area contributed by atoms with Gasteiger partial charge in [0.15, 0.2) is 0 Å². The first-order chi connectivity index (χ1) is 5.86. The Hall–Kier alpha value is -0.370. The molecule has 2 atom stereocenters. The third kappa shape index (κ3) is 2.94. The van der Waals surface area contributed by atoms with Crippen molar-refractivity contribution in [1.82, 2.24) is 5.32 Å². The minimum Gasteiger partial charge on any atom is -0.308 e. The van der Waals surface area contributed by atoms with E-state index in [9.17, 15) is 4.79 Å². The molecule has 0 amide bonds. The van der Waals surface area contributed by atoms with Gasteiger partial charge in [-0.25, -0.2) is 0 Å². The number of aldehydes is 1. The molecule has 1 aliphatic rings. The summed E-state index contributed by atoms with van der Waals surface area (Å²) in [5.41, 5.74) is 0. The lowest BCUT2D eigenvalue weighted by atomic mass is 9.89. The van der Waals surface area contributed by atoms with Crippen molar-refractivity contribution in [2.75, 3.05) is 6.54 Å². The van der Waals surface area contributed by atoms with Crippen LogP contribution in [0.3, 0.4) is 0 Å². The van der Waals surface area contributed by atoms with Crippen molar-refractivity contribution < 1.29 is 4.79 Å². The van der Waals surface area contributed by atoms with Gasteiger partial charge in [0, 0.05) is 0 Å². The van der Waals surface area contributed by atoms with E-state index in [1.54, 1.807) is 0 Å². The molecule has 0 aromatic rings. The van der Waals surface area contributed by atoms with Gasteiger partial charge in [-0.3, -0.25) is 0 Å². The minimum absolute atomic E-state index is 0.139. The van der Waals surface area contributed by atoms with Crippen molar-refractivity contribution in [2.45, 2.75) is 45.1 Å². The number of hydrogen-bond donors (Lipinski definition) is 1. The van der Waals surface area contributed by atoms with Gasteiger partial charge in [0.2, 0.25) is 0 Å². The summed E-state index contributed by atoms with van der Waals surface area (Å²) < 4.78 is 0. The molecule has 2 heteroatoms. The molecule has 0 spiro atoms. The Kier molecular flexibility index (Phi) is 4.30. The van der Waals surface area contributed by atoms with Crippen molar-refractivity contribution in [3.05, 3.63) is 0 Å². The number of rotatable bonds is 4. The zero-order chi connectivity index (χ0) is 8.81. The van der Waals surface area contributed by atoms with Gasteiger partial charge in [0.1, 0.15) is 6.29 Å². The van der Waals surface area contributed by atoms with Crippen molar-refractivity contribution in [2.24, 2.45) is 5.92 Å². The summed E-state index contributed by atoms with van der Waals surface area (Å²) >= 11 is 0. The maximum Gasteiger partial charge on any atom is 0.136 e. The smallest absolute Gasteiger partial charge is 0.136 e. The molecule has 0 aromatic heterocycles. The molecule has 1 heterocycles. The number of unbranched alkanes of at least 4 members (excludes halogenated alkanes) is 1. The van der Waals surface area contributed by atoms with Gasteiger partial charge >= 0.3 is 0 Å². The number of piperidine rings is 1. The van der Waals surface area contributed by atoms with Gasteiger partial charge in [-0.15, -0.1) is 0 Å². The number of carbonyl (C=O) groups is 1. The van der Waals surface area contributed by atoms with E-state index in [0.29, 0.717) is 0 Å². The van der Waals surface area contributed by atoms with Crippen LogP contribution in [0.5, 0.6) is 0 Å². The fourth-order valence-electron chi connectivity index (χ4n) is 1.89. The lowest BCUT2D eigenvalue weighted by Crippen LogP contribution is -2.39. The van der Waals surface area contributed by atoms with E-state index in [1.807, 2.05) is 0 Å². The van der Waals surface area contributed by atoms with Crippen LogP contribution < -0.4 is 5.32 Å². The lowest BCUT2D eigenvalue weighted by molar-refractivity contribution is -0.110. The van der Waals surface area contributed by atoms with E-state index in [4.69, 9.17) is 0 Å². The maximum absolute atomic E-state index is 10.5. The summed E-state index contributed by atoms with van der Waals surface area (Å²) in [6, 6.07) is 0.139. The monoisotopic (exact) mass is 169 g/mol. The van der Waals surface area contributed by atoms with Crippen LogP contribution in [0, 0.1) is 5.92 Å². The third-order valence-corrected chi connectivity index (χ3v) is 2.68. The van der Waals surface area contributed by atoms with Gasteiger partial charge in [0.25, 0.3) is 0 Å². The second-order valence-corrected chi connectivity index (χ2v) is 3.73. The Morgan fingerprint density at radius 3 is 3.08 bits per heavy atom. The van der Waals surface area contributed by atoms with Gasteiger partial charge in [-0.05, 0) is 25.3 Å². The molecule has 0 radical (unpaired) electrons. The van der Waals surface area contributed by atoms with E-state index < -0.39 is 0 Å². The zero-order valence-electron chi connectivity index (χ0n) is 7.88. The Bertz CT molecular complexity index is 136. The van der Waals surface area contributed by atoms with Gasteiger partial charge in [-0.2, -0.15) is 0 Å². The Labute approximate surface area is 74.7 Å². The first-order valence-electron chi connectivity index (χ1n) is 5.05. The second kappa shape index (κ2) is 5.31. The van der Waals surface area contributed by atoms with Gasteiger partial charge in [0.05, 0.1) is 6.04 Å². The summed E-state index contributed by atoms with van der Waals surface area (Å²) in [7, 11) is 0. The molecule has 1 aliphatic heterocycles. The predicted octanol–water partition coefficient (Wildman–Crippen LogP) is 1.74. The predicted molar refractivity (Wildman–Crippen MR) is 50.1 cm³/mol. The van der Waals surface area contributed by atoms with E-state index in [2.05, 4.69) is 12.2 Å². The van der Waals surface area contributed by atoms with Crippen LogP contribution in [0.15, 0.2) is 0 Å². The van der Waals surface area contributed by atoms with Crippen LogP contribution >= 0.6 is 0 Å². The maximum atomic E-state index is 10.5. The standard InChI is InChI=1S/C10H19NO/c1-2-3-4-9-5-6-11-10(7-9)8-12/h8-11H,2-7H2,1H3/t9-,10+/m1/s1. The van der Waals surface area contributed by atoms with Crippen LogP contribution in [0.2, 0.25) is 0 Å². The van der Waals surface area contributed by atoms with Crippen molar-refractivity contribution >= 4 is 6.29 Å². The first-order valence-corrected chi connectivity index (χ1v) is 5.05. The number of carbonyl (C=O) groups excluding carboxylic acids is 1. The van der Waals surface area contributed by atoms with E-state index in [1.165, 1.54) is 25.7 Å². The Morgan fingerprint density at radius 1 is 1.58 bits per heavy atom. The molecule has 2 nitrogen and oxygen atoms in total. The Balaban J connectivity index is 2.20. The molecule has 1 rings (SSSR count). The normalized spacial score (nSPS) is 30.1. The largest absolute Gasteiger partial charge is 0.308 e. The summed E-state index contributed by atoms with van der Waals surface area (Å²) in [6.45, 7) is 3.25. The summed E-state index contributed by atoms with van der Waals surface area (Å²) in [6.07, 6.45) is 7.26. The highest BCUT2D eigenvalue weighted by Crippen LogP contribution is 2.20. The fraction of sp³-hybridized carbons (Fsp3) is 0.900. The molecular weight excluding hydrogens is 150 g/mol. The number of hydrogen-bond acceptors (Lipinski definition) is 2. The first kappa shape index (κ1) is 9.72. The number of nitrogens with one attached hydrogen (secondary N) is 1. The average Bonchev–Trinajstić information content (AvgIpc) is 2.15. The van der Waals surface area contributed by atoms with E-state index >= 15 is 0 Å². The zero-order valence-corrected chi connectivity index (χ0v) is 7.88. The van der Waals surface area contributed by atoms with Crippen molar-refractivity contribution in [1.29, 1.82) is 0 Å². The molecule has 0 aromatic carbocycles. The molecule has 1 fully saturated rings. The molecule has 0 bridgehead atoms. The molecule has 12 heavy (non-hydrogen) atoms. The molecule has 0 aliphatic carbocycles. The Morgan fingerprint density at radius 2 is 2.42 bits per heavy atom. The van der Waals surface area contributed by atoms with Crippen LogP contribution in [0.1, 0.15) is 39.0 Å². The molecule has 1 N–H and O–H groups in total. The molecule has 0 unspecified atom stereocenters. The van der Waals surface area contributed by atoms with Gasteiger partial charge < -0.3 is 10.1 Å². The minimum atomic E-state index is 0.139. The van der Waals surface area contributed by atoms with E-state index in [-0.39, 0.29) is 6.04 Å². The van der Waals surface area contributed by atoms with Crippen molar-refractivity contribution in [3.8, 4) is 0 Å². The quantitative estimate of drug-likeness (QED) is 0.649. The highest BCUT2D eigenvalue weighted by Gasteiger charge is 2.19. The third-order valence-electron chi connectivity index (χ3n) is 2.68. The van der Waals surface area contributed by atoms with Gasteiger partial charge in [-0.1, -0.05) is 26.2 Å². The molecular formula is C10H19NO. The van der Waals surface area contributed by atoms with Crippen molar-refractivity contribution in [3.63, 3.8) is 0 Å². The second-order valence-electron chi connectivity index (χ2n) is 3.73. The lowest BCUT2D eigenvalue weighted by Gasteiger charge is -2.26. The van der Waals surface area contributed by atoms with Crippen LogP contribution in [-0.4, -0.2) is 18.9 Å².